The van der Waals surface area contributed by atoms with E-state index in [0.29, 0.717) is 11.5 Å². The first-order valence-corrected chi connectivity index (χ1v) is 8.84. The minimum absolute atomic E-state index is 0.354. The van der Waals surface area contributed by atoms with Gasteiger partial charge >= 0.3 is 0 Å². The van der Waals surface area contributed by atoms with E-state index in [2.05, 4.69) is 29.0 Å². The molecule has 0 unspecified atom stereocenters. The highest BCUT2D eigenvalue weighted by Crippen LogP contribution is 2.31. The molecule has 1 N–H and O–H groups in total. The Labute approximate surface area is 140 Å². The van der Waals surface area contributed by atoms with Crippen LogP contribution in [0, 0.1) is 0 Å². The maximum atomic E-state index is 10.2. The van der Waals surface area contributed by atoms with Crippen molar-refractivity contribution >= 4 is 39.1 Å². The van der Waals surface area contributed by atoms with Gasteiger partial charge in [-0.15, -0.1) is 0 Å². The molecular formula is C17H20N2OS2. The van der Waals surface area contributed by atoms with Gasteiger partial charge in [-0.3, -0.25) is 0 Å². The maximum Gasteiger partial charge on any atom is 0.136 e. The van der Waals surface area contributed by atoms with Gasteiger partial charge < -0.3 is 14.9 Å². The van der Waals surface area contributed by atoms with Crippen LogP contribution >= 0.6 is 24.0 Å². The molecule has 2 aromatic rings. The summed E-state index contributed by atoms with van der Waals surface area (Å²) < 4.78 is 0.931. The average molecular weight is 332 g/mol. The molecule has 0 amide bonds. The van der Waals surface area contributed by atoms with Crippen molar-refractivity contribution in [2.45, 2.75) is 5.75 Å². The number of hydrogen-bond donors (Lipinski definition) is 1. The number of thiocarbonyl (C=S) groups is 1. The smallest absolute Gasteiger partial charge is 0.136 e. The van der Waals surface area contributed by atoms with Crippen LogP contribution in [-0.4, -0.2) is 52.5 Å². The lowest BCUT2D eigenvalue weighted by Crippen LogP contribution is -2.45. The summed E-state index contributed by atoms with van der Waals surface area (Å²) in [5.41, 5.74) is 0.972. The fourth-order valence-electron chi connectivity index (χ4n) is 2.69. The van der Waals surface area contributed by atoms with Crippen LogP contribution in [0.2, 0.25) is 0 Å². The van der Waals surface area contributed by atoms with Crippen LogP contribution in [0.4, 0.5) is 0 Å². The van der Waals surface area contributed by atoms with Crippen LogP contribution in [0.5, 0.6) is 5.75 Å². The largest absolute Gasteiger partial charge is 0.508 e. The third-order valence-corrected chi connectivity index (χ3v) is 5.67. The predicted molar refractivity (Wildman–Crippen MR) is 98.6 cm³/mol. The molecule has 22 heavy (non-hydrogen) atoms. The SMILES string of the molecule is CN1CCN(C(=S)SCc2c(O)ccc3ccccc23)CC1. The predicted octanol–water partition coefficient (Wildman–Crippen LogP) is 3.31. The van der Waals surface area contributed by atoms with E-state index in [1.54, 1.807) is 17.8 Å². The van der Waals surface area contributed by atoms with Crippen molar-refractivity contribution in [1.29, 1.82) is 0 Å². The Bertz CT molecular complexity index is 681. The highest BCUT2D eigenvalue weighted by Gasteiger charge is 2.17. The molecule has 1 aliphatic rings. The van der Waals surface area contributed by atoms with Gasteiger partial charge in [0.25, 0.3) is 0 Å². The fraction of sp³-hybridized carbons (Fsp3) is 0.353. The van der Waals surface area contributed by atoms with Crippen LogP contribution in [-0.2, 0) is 5.75 Å². The van der Waals surface area contributed by atoms with Gasteiger partial charge in [0.1, 0.15) is 10.1 Å². The molecule has 1 fully saturated rings. The number of thioether (sulfide) groups is 1. The second kappa shape index (κ2) is 6.86. The highest BCUT2D eigenvalue weighted by atomic mass is 32.2. The summed E-state index contributed by atoms with van der Waals surface area (Å²) in [6, 6.07) is 11.9. The van der Waals surface area contributed by atoms with E-state index in [9.17, 15) is 5.11 Å². The molecule has 0 atom stereocenters. The quantitative estimate of drug-likeness (QED) is 0.852. The second-order valence-corrected chi connectivity index (χ2v) is 7.24. The molecule has 0 bridgehead atoms. The molecule has 3 nitrogen and oxygen atoms in total. The monoisotopic (exact) mass is 332 g/mol. The molecule has 1 aliphatic heterocycles. The first-order chi connectivity index (χ1) is 10.6. The van der Waals surface area contributed by atoms with Gasteiger partial charge in [0.05, 0.1) is 0 Å². The topological polar surface area (TPSA) is 26.7 Å². The van der Waals surface area contributed by atoms with E-state index in [0.717, 1.165) is 46.8 Å². The van der Waals surface area contributed by atoms with Crippen LogP contribution in [0.1, 0.15) is 5.56 Å². The number of phenolic OH excluding ortho intramolecular Hbond substituents is 1. The molecular weight excluding hydrogens is 312 g/mol. The molecule has 116 valence electrons. The van der Waals surface area contributed by atoms with E-state index in [4.69, 9.17) is 12.2 Å². The minimum atomic E-state index is 0.354. The number of hydrogen-bond acceptors (Lipinski definition) is 4. The van der Waals surface area contributed by atoms with Crippen LogP contribution < -0.4 is 0 Å². The summed E-state index contributed by atoms with van der Waals surface area (Å²) in [6.45, 7) is 4.09. The number of piperazine rings is 1. The lowest BCUT2D eigenvalue weighted by Gasteiger charge is -2.33. The fourth-order valence-corrected chi connectivity index (χ4v) is 3.99. The van der Waals surface area contributed by atoms with Gasteiger partial charge in [-0.25, -0.2) is 0 Å². The number of benzene rings is 2. The first kappa shape index (κ1) is 15.6. The van der Waals surface area contributed by atoms with Crippen molar-refractivity contribution < 1.29 is 5.11 Å². The van der Waals surface area contributed by atoms with Crippen LogP contribution in [0.3, 0.4) is 0 Å². The van der Waals surface area contributed by atoms with Crippen molar-refractivity contribution in [1.82, 2.24) is 9.80 Å². The third kappa shape index (κ3) is 3.37. The molecule has 2 aromatic carbocycles. The Morgan fingerprint density at radius 2 is 1.86 bits per heavy atom. The molecule has 0 saturated carbocycles. The van der Waals surface area contributed by atoms with Gasteiger partial charge in [-0.1, -0.05) is 54.3 Å². The van der Waals surface area contributed by atoms with E-state index >= 15 is 0 Å². The number of phenols is 1. The summed E-state index contributed by atoms with van der Waals surface area (Å²) in [5, 5.41) is 12.5. The normalized spacial score (nSPS) is 16.1. The Hall–Kier alpha value is -1.30. The summed E-state index contributed by atoms with van der Waals surface area (Å²) in [7, 11) is 2.14. The maximum absolute atomic E-state index is 10.2. The average Bonchev–Trinajstić information content (AvgIpc) is 2.54. The van der Waals surface area contributed by atoms with Crippen molar-refractivity contribution in [2.75, 3.05) is 33.2 Å². The Morgan fingerprint density at radius 1 is 1.14 bits per heavy atom. The standard InChI is InChI=1S/C17H20N2OS2/c1-18-8-10-19(11-9-18)17(21)22-12-15-14-5-3-2-4-13(14)6-7-16(15)20/h2-7,20H,8-12H2,1H3. The molecule has 3 rings (SSSR count). The van der Waals surface area contributed by atoms with E-state index in [1.165, 1.54) is 0 Å². The zero-order valence-electron chi connectivity index (χ0n) is 12.7. The summed E-state index contributed by atoms with van der Waals surface area (Å²) in [6.07, 6.45) is 0. The van der Waals surface area contributed by atoms with Crippen LogP contribution in [0.25, 0.3) is 10.8 Å². The van der Waals surface area contributed by atoms with Gasteiger partial charge in [-0.2, -0.15) is 0 Å². The number of rotatable bonds is 2. The van der Waals surface area contributed by atoms with E-state index < -0.39 is 0 Å². The third-order valence-electron chi connectivity index (χ3n) is 4.12. The van der Waals surface area contributed by atoms with Crippen molar-refractivity contribution in [3.8, 4) is 5.75 Å². The minimum Gasteiger partial charge on any atom is -0.508 e. The Kier molecular flexibility index (Phi) is 4.86. The highest BCUT2D eigenvalue weighted by molar-refractivity contribution is 8.22. The molecule has 5 heteroatoms. The molecule has 1 heterocycles. The lowest BCUT2D eigenvalue weighted by molar-refractivity contribution is 0.220. The summed E-state index contributed by atoms with van der Waals surface area (Å²) in [4.78, 5) is 4.59. The lowest BCUT2D eigenvalue weighted by atomic mass is 10.0. The second-order valence-electron chi connectivity index (χ2n) is 5.63. The van der Waals surface area contributed by atoms with E-state index in [1.807, 2.05) is 18.2 Å². The number of nitrogens with zero attached hydrogens (tertiary/aromatic N) is 2. The molecule has 0 spiro atoms. The zero-order chi connectivity index (χ0) is 15.5. The molecule has 0 radical (unpaired) electrons. The number of likely N-dealkylation sites (N-methyl/N-ethyl adjacent to an activating group) is 1. The van der Waals surface area contributed by atoms with Crippen molar-refractivity contribution in [2.24, 2.45) is 0 Å². The molecule has 0 aromatic heterocycles. The Morgan fingerprint density at radius 3 is 2.64 bits per heavy atom. The van der Waals surface area contributed by atoms with Gasteiger partial charge in [0.2, 0.25) is 0 Å². The van der Waals surface area contributed by atoms with Gasteiger partial charge in [-0.05, 0) is 23.9 Å². The van der Waals surface area contributed by atoms with Crippen LogP contribution in [0.15, 0.2) is 36.4 Å². The number of fused-ring (bicyclic) bond motifs is 1. The molecule has 0 aliphatic carbocycles. The molecule has 1 saturated heterocycles. The summed E-state index contributed by atoms with van der Waals surface area (Å²) >= 11 is 7.21. The van der Waals surface area contributed by atoms with Gasteiger partial charge in [0, 0.05) is 37.5 Å². The van der Waals surface area contributed by atoms with Crippen molar-refractivity contribution in [3.05, 3.63) is 42.0 Å². The van der Waals surface area contributed by atoms with Gasteiger partial charge in [0.15, 0.2) is 0 Å². The zero-order valence-corrected chi connectivity index (χ0v) is 14.3. The first-order valence-electron chi connectivity index (χ1n) is 7.45. The Balaban J connectivity index is 1.71. The van der Waals surface area contributed by atoms with Crippen molar-refractivity contribution in [3.63, 3.8) is 0 Å². The summed E-state index contributed by atoms with van der Waals surface area (Å²) in [5.74, 6) is 1.06. The number of aromatic hydroxyl groups is 1. The van der Waals surface area contributed by atoms with E-state index in [-0.39, 0.29) is 0 Å².